The number of allylic oxidation sites excluding steroid dienone is 3. The van der Waals surface area contributed by atoms with E-state index in [0.717, 1.165) is 12.0 Å². The highest BCUT2D eigenvalue weighted by molar-refractivity contribution is 6.05. The van der Waals surface area contributed by atoms with Crippen molar-refractivity contribution in [2.45, 2.75) is 112 Å². The number of rotatable bonds is 3. The molecule has 0 spiro atoms. The van der Waals surface area contributed by atoms with E-state index in [2.05, 4.69) is 25.2 Å². The number of amides is 1. The first-order valence-electron chi connectivity index (χ1n) is 15.5. The minimum atomic E-state index is -4.59. The lowest BCUT2D eigenvalue weighted by Crippen LogP contribution is -2.74. The first-order chi connectivity index (χ1) is 19.5. The Kier molecular flexibility index (Phi) is 6.89. The van der Waals surface area contributed by atoms with Crippen LogP contribution in [0.1, 0.15) is 99.8 Å². The Morgan fingerprint density at radius 1 is 1.02 bits per heavy atom. The number of carbonyl (C=O) groups is 3. The maximum Gasteiger partial charge on any atom is 0.397 e. The maximum atomic E-state index is 14.5. The number of hydrogen-bond donors (Lipinski definition) is 2. The molecule has 0 aliphatic heterocycles. The van der Waals surface area contributed by atoms with Gasteiger partial charge in [-0.15, -0.1) is 0 Å². The van der Waals surface area contributed by atoms with Crippen molar-refractivity contribution >= 4 is 17.5 Å². The summed E-state index contributed by atoms with van der Waals surface area (Å²) in [4.78, 5) is 39.8. The van der Waals surface area contributed by atoms with Crippen LogP contribution >= 0.6 is 0 Å². The van der Waals surface area contributed by atoms with Crippen molar-refractivity contribution in [3.63, 3.8) is 0 Å². The summed E-state index contributed by atoms with van der Waals surface area (Å²) in [6.07, 6.45) is 1.77. The number of ketones is 2. The number of nitrogens with zero attached hydrogens (tertiary/aromatic N) is 1. The molecule has 2 N–H and O–H groups in total. The Morgan fingerprint density at radius 3 is 2.26 bits per heavy atom. The molecule has 9 heteroatoms. The molecule has 0 saturated heterocycles. The quantitative estimate of drug-likeness (QED) is 0.389. The predicted octanol–water partition coefficient (Wildman–Crippen LogP) is 6.39. The topological polar surface area (TPSA) is 107 Å². The third kappa shape index (κ3) is 4.24. The third-order valence-corrected chi connectivity index (χ3v) is 13.4. The lowest BCUT2D eigenvalue weighted by Gasteiger charge is -2.71. The van der Waals surface area contributed by atoms with Gasteiger partial charge < -0.3 is 10.4 Å². The van der Waals surface area contributed by atoms with Crippen LogP contribution in [0.15, 0.2) is 23.3 Å². The van der Waals surface area contributed by atoms with Crippen molar-refractivity contribution in [1.29, 1.82) is 5.26 Å². The number of alkyl halides is 3. The van der Waals surface area contributed by atoms with Crippen molar-refractivity contribution in [3.8, 4) is 6.07 Å². The van der Waals surface area contributed by atoms with E-state index < -0.39 is 57.1 Å². The Balaban J connectivity index is 1.57. The van der Waals surface area contributed by atoms with Gasteiger partial charge in [-0.25, -0.2) is 0 Å². The first kappa shape index (κ1) is 31.9. The number of hydrogen-bond acceptors (Lipinski definition) is 5. The number of Topliss-reactive ketones (excluding diaryl/α,β-unsaturated/α-hetero) is 1. The van der Waals surface area contributed by atoms with E-state index in [4.69, 9.17) is 0 Å². The molecule has 0 aromatic carbocycles. The first-order valence-corrected chi connectivity index (χ1v) is 15.5. The summed E-state index contributed by atoms with van der Waals surface area (Å²) in [7, 11) is 0. The fraction of sp³-hybridized carbons (Fsp3) is 0.765. The molecule has 0 unspecified atom stereocenters. The molecule has 1 amide bonds. The van der Waals surface area contributed by atoms with Gasteiger partial charge in [0.15, 0.2) is 11.6 Å². The van der Waals surface area contributed by atoms with Gasteiger partial charge in [0, 0.05) is 28.7 Å². The number of fused-ring (bicyclic) bond motifs is 7. The Morgan fingerprint density at radius 2 is 1.65 bits per heavy atom. The van der Waals surface area contributed by atoms with Crippen LogP contribution in [0.25, 0.3) is 0 Å². The number of carbonyl (C=O) groups excluding carboxylic acids is 3. The number of nitriles is 1. The smallest absolute Gasteiger partial charge is 0.381 e. The second-order valence-electron chi connectivity index (χ2n) is 16.2. The van der Waals surface area contributed by atoms with E-state index >= 15 is 0 Å². The minimum absolute atomic E-state index is 0.0401. The fourth-order valence-corrected chi connectivity index (χ4v) is 10.5. The molecule has 236 valence electrons. The lowest BCUT2D eigenvalue weighted by atomic mass is 9.33. The molecular formula is C34H45F3N2O4. The zero-order valence-corrected chi connectivity index (χ0v) is 26.4. The second-order valence-corrected chi connectivity index (χ2v) is 16.2. The summed E-state index contributed by atoms with van der Waals surface area (Å²) in [5.74, 6) is -2.19. The second kappa shape index (κ2) is 9.28. The van der Waals surface area contributed by atoms with Gasteiger partial charge in [0.2, 0.25) is 5.91 Å². The van der Waals surface area contributed by atoms with Crippen molar-refractivity contribution in [1.82, 2.24) is 5.32 Å². The zero-order valence-electron chi connectivity index (χ0n) is 26.4. The summed E-state index contributed by atoms with van der Waals surface area (Å²) in [5, 5.41) is 25.3. The van der Waals surface area contributed by atoms with E-state index in [9.17, 15) is 37.9 Å². The average Bonchev–Trinajstić information content (AvgIpc) is 2.89. The number of aliphatic hydroxyl groups is 1. The highest BCUT2D eigenvalue weighted by Gasteiger charge is 2.75. The van der Waals surface area contributed by atoms with Gasteiger partial charge in [0.1, 0.15) is 18.1 Å². The summed E-state index contributed by atoms with van der Waals surface area (Å²) in [6, 6.07) is 2.10. The molecule has 3 fully saturated rings. The van der Waals surface area contributed by atoms with Crippen LogP contribution in [0.2, 0.25) is 0 Å². The molecule has 0 radical (unpaired) electrons. The molecule has 0 aromatic rings. The predicted molar refractivity (Wildman–Crippen MR) is 154 cm³/mol. The number of halogens is 3. The van der Waals surface area contributed by atoms with E-state index in [-0.39, 0.29) is 35.0 Å². The van der Waals surface area contributed by atoms with Crippen molar-refractivity contribution in [2.24, 2.45) is 44.3 Å². The van der Waals surface area contributed by atoms with Crippen LogP contribution in [-0.2, 0) is 14.4 Å². The molecule has 5 aliphatic rings. The van der Waals surface area contributed by atoms with Gasteiger partial charge in [-0.05, 0) is 78.8 Å². The molecule has 5 aliphatic carbocycles. The highest BCUT2D eigenvalue weighted by atomic mass is 19.4. The van der Waals surface area contributed by atoms with Gasteiger partial charge in [-0.3, -0.25) is 14.4 Å². The Hall–Kier alpha value is -2.47. The van der Waals surface area contributed by atoms with Gasteiger partial charge in [-0.1, -0.05) is 54.5 Å². The van der Waals surface area contributed by atoms with Crippen molar-refractivity contribution in [2.75, 3.05) is 6.54 Å². The van der Waals surface area contributed by atoms with Gasteiger partial charge in [0.25, 0.3) is 0 Å². The van der Waals surface area contributed by atoms with Crippen molar-refractivity contribution < 1.29 is 32.7 Å². The molecule has 3 saturated carbocycles. The average molecular weight is 603 g/mol. The molecule has 0 heterocycles. The fourth-order valence-electron chi connectivity index (χ4n) is 10.5. The van der Waals surface area contributed by atoms with Crippen molar-refractivity contribution in [3.05, 3.63) is 23.3 Å². The van der Waals surface area contributed by atoms with Crippen LogP contribution in [0.3, 0.4) is 0 Å². The summed E-state index contributed by atoms with van der Waals surface area (Å²) in [5.41, 5.74) is -4.65. The maximum absolute atomic E-state index is 14.5. The summed E-state index contributed by atoms with van der Waals surface area (Å²) in [6.45, 7) is 14.0. The van der Waals surface area contributed by atoms with Crippen LogP contribution < -0.4 is 5.32 Å². The van der Waals surface area contributed by atoms with E-state index in [1.807, 2.05) is 34.6 Å². The molecule has 0 bridgehead atoms. The van der Waals surface area contributed by atoms with E-state index in [1.165, 1.54) is 0 Å². The van der Waals surface area contributed by atoms with Gasteiger partial charge in [-0.2, -0.15) is 18.4 Å². The normalized spacial score (nSPS) is 45.3. The van der Waals surface area contributed by atoms with Gasteiger partial charge >= 0.3 is 6.18 Å². The standard InChI is InChI=1S/C34H45F3N2O4/c1-27(2)21-8-9-31(6)22(30(21,5)15-20(18-38)26(27)42)14-24(40)34(43)23-16-28(3,19-39-25(41)17-33(35,36)37)10-11-29(23,4)12-13-32(31,34)7/h14-15,21,23,43H,8-13,16-17,19H2,1-7H3,(H,39,41)/t21-,23+,28-,29+,30-,31+,32-,34+/m0/s1. The van der Waals surface area contributed by atoms with E-state index in [1.54, 1.807) is 12.2 Å². The Bertz CT molecular complexity index is 1390. The number of nitrogens with one attached hydrogen (secondary N) is 1. The summed E-state index contributed by atoms with van der Waals surface area (Å²) >= 11 is 0. The molecule has 43 heavy (non-hydrogen) atoms. The van der Waals surface area contributed by atoms with Gasteiger partial charge in [0.05, 0.1) is 5.57 Å². The monoisotopic (exact) mass is 602 g/mol. The van der Waals surface area contributed by atoms with Crippen LogP contribution in [-0.4, -0.2) is 40.9 Å². The molecule has 5 rings (SSSR count). The Labute approximate surface area is 252 Å². The minimum Gasteiger partial charge on any atom is -0.381 e. The zero-order chi connectivity index (χ0) is 32.2. The SMILES string of the molecule is CC1(C)C(=O)C(C#N)=C[C@]2(C)C3=CC(=O)[C@]4(O)[C@@H]5C[C@@](C)(CNC(=O)CC(F)(F)F)CC[C@]5(C)CC[C@@]4(C)[C@]3(C)CC[C@@H]12. The summed E-state index contributed by atoms with van der Waals surface area (Å²) < 4.78 is 38.4. The highest BCUT2D eigenvalue weighted by Crippen LogP contribution is 2.75. The van der Waals surface area contributed by atoms with Crippen LogP contribution in [0.4, 0.5) is 13.2 Å². The molecule has 6 nitrogen and oxygen atoms in total. The van der Waals surface area contributed by atoms with Crippen LogP contribution in [0.5, 0.6) is 0 Å². The molecule has 0 aromatic heterocycles. The largest absolute Gasteiger partial charge is 0.397 e. The lowest BCUT2D eigenvalue weighted by molar-refractivity contribution is -0.243. The van der Waals surface area contributed by atoms with E-state index in [0.29, 0.717) is 38.5 Å². The molecular weight excluding hydrogens is 557 g/mol. The van der Waals surface area contributed by atoms with Crippen LogP contribution in [0, 0.1) is 55.7 Å². The molecule has 8 atom stereocenters. The third-order valence-electron chi connectivity index (χ3n) is 13.4.